The fourth-order valence-electron chi connectivity index (χ4n) is 2.61. The summed E-state index contributed by atoms with van der Waals surface area (Å²) in [6.45, 7) is 1.83. The largest absolute Gasteiger partial charge is 0.487 e. The Labute approximate surface area is 164 Å². The number of aromatic nitrogens is 4. The first-order chi connectivity index (χ1) is 13.8. The fraction of sp³-hybridized carbons (Fsp3) is 0.263. The van der Waals surface area contributed by atoms with E-state index in [4.69, 9.17) is 4.74 Å². The maximum absolute atomic E-state index is 13.1. The average molecular weight is 405 g/mol. The van der Waals surface area contributed by atoms with Gasteiger partial charge >= 0.3 is 6.18 Å². The summed E-state index contributed by atoms with van der Waals surface area (Å²) < 4.78 is 46.1. The highest BCUT2D eigenvalue weighted by Gasteiger charge is 2.33. The molecule has 0 saturated carbocycles. The second kappa shape index (κ2) is 8.72. The number of amides is 1. The number of nitrogens with zero attached hydrogens (tertiary/aromatic N) is 4. The van der Waals surface area contributed by atoms with Crippen molar-refractivity contribution in [2.24, 2.45) is 0 Å². The monoisotopic (exact) mass is 405 g/mol. The normalized spacial score (nSPS) is 12.4. The van der Waals surface area contributed by atoms with Crippen LogP contribution in [0.2, 0.25) is 0 Å². The van der Waals surface area contributed by atoms with E-state index in [1.807, 2.05) is 0 Å². The van der Waals surface area contributed by atoms with Crippen LogP contribution in [0.25, 0.3) is 0 Å². The van der Waals surface area contributed by atoms with Crippen LogP contribution in [0, 0.1) is 0 Å². The van der Waals surface area contributed by atoms with E-state index in [0.717, 1.165) is 6.07 Å². The van der Waals surface area contributed by atoms with Gasteiger partial charge < -0.3 is 10.1 Å². The van der Waals surface area contributed by atoms with Crippen molar-refractivity contribution in [3.63, 3.8) is 0 Å². The third-order valence-electron chi connectivity index (χ3n) is 3.95. The first kappa shape index (κ1) is 20.3. The van der Waals surface area contributed by atoms with Gasteiger partial charge in [0.05, 0.1) is 31.0 Å². The van der Waals surface area contributed by atoms with Crippen LogP contribution in [0.15, 0.2) is 55.0 Å². The molecule has 0 aliphatic heterocycles. The molecule has 0 aliphatic carbocycles. The van der Waals surface area contributed by atoms with Crippen LogP contribution < -0.4 is 10.1 Å². The number of alkyl halides is 3. The Bertz CT molecular complexity index is 960. The Hall–Kier alpha value is -3.43. The molecule has 0 bridgehead atoms. The van der Waals surface area contributed by atoms with Gasteiger partial charge in [0.2, 0.25) is 0 Å². The molecular weight excluding hydrogens is 387 g/mol. The summed E-state index contributed by atoms with van der Waals surface area (Å²) in [5, 5.41) is 10.1. The molecule has 1 N–H and O–H groups in total. The Morgan fingerprint density at radius 3 is 2.76 bits per heavy atom. The summed E-state index contributed by atoms with van der Waals surface area (Å²) in [6, 6.07) is 8.68. The van der Waals surface area contributed by atoms with E-state index in [2.05, 4.69) is 20.6 Å². The Balaban J connectivity index is 1.58. The molecule has 29 heavy (non-hydrogen) atoms. The molecule has 3 rings (SSSR count). The van der Waals surface area contributed by atoms with Crippen molar-refractivity contribution in [2.75, 3.05) is 6.54 Å². The highest BCUT2D eigenvalue weighted by molar-refractivity contribution is 5.91. The van der Waals surface area contributed by atoms with Crippen molar-refractivity contribution in [3.05, 3.63) is 71.8 Å². The van der Waals surface area contributed by atoms with Crippen molar-refractivity contribution in [1.29, 1.82) is 0 Å². The number of carbonyl (C=O) groups is 1. The number of rotatable bonds is 7. The molecule has 0 spiro atoms. The van der Waals surface area contributed by atoms with Gasteiger partial charge in [-0.3, -0.25) is 9.78 Å². The van der Waals surface area contributed by atoms with Crippen LogP contribution in [0.1, 0.15) is 28.5 Å². The molecule has 3 aromatic rings. The number of hydrogen-bond acceptors (Lipinski definition) is 5. The Morgan fingerprint density at radius 1 is 1.24 bits per heavy atom. The quantitative estimate of drug-likeness (QED) is 0.654. The van der Waals surface area contributed by atoms with Gasteiger partial charge in [0, 0.05) is 6.20 Å². The lowest BCUT2D eigenvalue weighted by atomic mass is 10.1. The van der Waals surface area contributed by atoms with E-state index in [9.17, 15) is 18.0 Å². The predicted octanol–water partition coefficient (Wildman–Crippen LogP) is 2.94. The van der Waals surface area contributed by atoms with Gasteiger partial charge in [-0.1, -0.05) is 23.4 Å². The first-order valence-corrected chi connectivity index (χ1v) is 8.73. The van der Waals surface area contributed by atoms with Crippen LogP contribution in [-0.2, 0) is 12.7 Å². The van der Waals surface area contributed by atoms with Crippen LogP contribution >= 0.6 is 0 Å². The minimum atomic E-state index is -4.47. The summed E-state index contributed by atoms with van der Waals surface area (Å²) in [4.78, 5) is 16.2. The number of ether oxygens (including phenoxy) is 1. The summed E-state index contributed by atoms with van der Waals surface area (Å²) in [5.41, 5.74) is -0.707. The summed E-state index contributed by atoms with van der Waals surface area (Å²) in [7, 11) is 0. The van der Waals surface area contributed by atoms with E-state index in [1.54, 1.807) is 31.5 Å². The molecule has 0 unspecified atom stereocenters. The van der Waals surface area contributed by atoms with Crippen molar-refractivity contribution in [2.45, 2.75) is 25.7 Å². The summed E-state index contributed by atoms with van der Waals surface area (Å²) in [5.74, 6) is 0.0746. The van der Waals surface area contributed by atoms with Crippen molar-refractivity contribution in [1.82, 2.24) is 25.3 Å². The van der Waals surface area contributed by atoms with Crippen molar-refractivity contribution >= 4 is 5.91 Å². The minimum Gasteiger partial charge on any atom is -0.487 e. The van der Waals surface area contributed by atoms with Crippen LogP contribution in [0.4, 0.5) is 13.2 Å². The van der Waals surface area contributed by atoms with Gasteiger partial charge in [-0.25, -0.2) is 4.68 Å². The molecule has 0 saturated heterocycles. The van der Waals surface area contributed by atoms with E-state index in [0.29, 0.717) is 5.75 Å². The molecule has 1 amide bonds. The topological polar surface area (TPSA) is 81.9 Å². The van der Waals surface area contributed by atoms with E-state index in [-0.39, 0.29) is 30.5 Å². The Morgan fingerprint density at radius 2 is 2.03 bits per heavy atom. The highest BCUT2D eigenvalue weighted by Crippen LogP contribution is 2.32. The SMILES string of the molecule is C[C@H](CNC(=O)c1cn(Cc2ccccc2C(F)(F)F)nn1)Oc1cccnc1. The molecule has 0 aliphatic rings. The molecule has 7 nitrogen and oxygen atoms in total. The average Bonchev–Trinajstić information content (AvgIpc) is 3.15. The number of benzene rings is 1. The van der Waals surface area contributed by atoms with Gasteiger partial charge in [0.1, 0.15) is 11.9 Å². The molecular formula is C19H18F3N5O2. The zero-order chi connectivity index (χ0) is 20.9. The lowest BCUT2D eigenvalue weighted by molar-refractivity contribution is -0.138. The lowest BCUT2D eigenvalue weighted by Gasteiger charge is -2.14. The number of halogens is 3. The van der Waals surface area contributed by atoms with Gasteiger partial charge in [-0.15, -0.1) is 5.10 Å². The number of pyridine rings is 1. The number of nitrogens with one attached hydrogen (secondary N) is 1. The molecule has 0 fully saturated rings. The maximum Gasteiger partial charge on any atom is 0.416 e. The third-order valence-corrected chi connectivity index (χ3v) is 3.95. The van der Waals surface area contributed by atoms with Crippen LogP contribution in [-0.4, -0.2) is 38.5 Å². The molecule has 1 atom stereocenters. The van der Waals surface area contributed by atoms with Gasteiger partial charge in [-0.2, -0.15) is 13.2 Å². The standard InChI is InChI=1S/C19H18F3N5O2/c1-13(29-15-6-4-8-23-10-15)9-24-18(28)17-12-27(26-25-17)11-14-5-2-3-7-16(14)19(20,21)22/h2-8,10,12-13H,9,11H2,1H3,(H,24,28)/t13-/m1/s1. The molecule has 1 aromatic carbocycles. The zero-order valence-corrected chi connectivity index (χ0v) is 15.4. The van der Waals surface area contributed by atoms with E-state index in [1.165, 1.54) is 29.1 Å². The zero-order valence-electron chi connectivity index (χ0n) is 15.4. The first-order valence-electron chi connectivity index (χ1n) is 8.73. The molecule has 10 heteroatoms. The molecule has 2 heterocycles. The molecule has 0 radical (unpaired) electrons. The van der Waals surface area contributed by atoms with E-state index >= 15 is 0 Å². The maximum atomic E-state index is 13.1. The fourth-order valence-corrected chi connectivity index (χ4v) is 2.61. The smallest absolute Gasteiger partial charge is 0.416 e. The Kier molecular flexibility index (Phi) is 6.10. The third kappa shape index (κ3) is 5.53. The highest BCUT2D eigenvalue weighted by atomic mass is 19.4. The second-order valence-electron chi connectivity index (χ2n) is 6.28. The molecule has 152 valence electrons. The van der Waals surface area contributed by atoms with Gasteiger partial charge in [-0.05, 0) is 30.7 Å². The van der Waals surface area contributed by atoms with E-state index < -0.39 is 17.6 Å². The predicted molar refractivity (Wildman–Crippen MR) is 97.2 cm³/mol. The number of carbonyl (C=O) groups excluding carboxylic acids is 1. The van der Waals surface area contributed by atoms with Crippen molar-refractivity contribution < 1.29 is 22.7 Å². The lowest BCUT2D eigenvalue weighted by Crippen LogP contribution is -2.33. The minimum absolute atomic E-state index is 0.00284. The second-order valence-corrected chi connectivity index (χ2v) is 6.28. The van der Waals surface area contributed by atoms with Gasteiger partial charge in [0.15, 0.2) is 5.69 Å². The van der Waals surface area contributed by atoms with Gasteiger partial charge in [0.25, 0.3) is 5.91 Å². The summed E-state index contributed by atoms with van der Waals surface area (Å²) >= 11 is 0. The number of hydrogen-bond donors (Lipinski definition) is 1. The summed E-state index contributed by atoms with van der Waals surface area (Å²) in [6.07, 6.45) is -0.313. The van der Waals surface area contributed by atoms with Crippen LogP contribution in [0.5, 0.6) is 5.75 Å². The van der Waals surface area contributed by atoms with Crippen molar-refractivity contribution in [3.8, 4) is 5.75 Å². The molecule has 2 aromatic heterocycles. The van der Waals surface area contributed by atoms with Crippen LogP contribution in [0.3, 0.4) is 0 Å².